The Morgan fingerprint density at radius 3 is 2.60 bits per heavy atom. The lowest BCUT2D eigenvalue weighted by Gasteiger charge is -2.23. The Labute approximate surface area is 148 Å². The number of anilines is 2. The summed E-state index contributed by atoms with van der Waals surface area (Å²) < 4.78 is 45.1. The van der Waals surface area contributed by atoms with Crippen LogP contribution >= 0.6 is 12.4 Å². The standard InChI is InChI=1S/C15H18F3N5O.ClH/c16-15(17,18)7-1-2-10-9(5-7)11-12(24-10)13(22-14(20)21-11)23-4-3-8(19)6-23;/h7-8H,1-6,19H2,(H2,20,21,22);1H. The summed E-state index contributed by atoms with van der Waals surface area (Å²) in [6, 6.07) is 0.0374. The first-order valence-electron chi connectivity index (χ1n) is 7.98. The normalized spacial score (nSPS) is 23.6. The highest BCUT2D eigenvalue weighted by atomic mass is 35.5. The van der Waals surface area contributed by atoms with Crippen molar-refractivity contribution in [2.75, 3.05) is 23.7 Å². The monoisotopic (exact) mass is 377 g/mol. The maximum absolute atomic E-state index is 13.1. The molecule has 2 atom stereocenters. The van der Waals surface area contributed by atoms with E-state index in [0.717, 1.165) is 6.42 Å². The number of nitrogens with two attached hydrogens (primary N) is 2. The maximum Gasteiger partial charge on any atom is 0.392 e. The highest BCUT2D eigenvalue weighted by Crippen LogP contribution is 2.42. The minimum Gasteiger partial charge on any atom is -0.455 e. The van der Waals surface area contributed by atoms with E-state index in [1.165, 1.54) is 0 Å². The first-order valence-corrected chi connectivity index (χ1v) is 7.98. The van der Waals surface area contributed by atoms with E-state index >= 15 is 0 Å². The Hall–Kier alpha value is -1.74. The van der Waals surface area contributed by atoms with Crippen molar-refractivity contribution in [2.24, 2.45) is 11.7 Å². The molecule has 1 aliphatic carbocycles. The predicted octanol–water partition coefficient (Wildman–Crippen LogP) is 2.43. The van der Waals surface area contributed by atoms with E-state index in [4.69, 9.17) is 15.9 Å². The van der Waals surface area contributed by atoms with Crippen LogP contribution < -0.4 is 16.4 Å². The van der Waals surface area contributed by atoms with Gasteiger partial charge in [-0.1, -0.05) is 0 Å². The molecule has 1 fully saturated rings. The summed E-state index contributed by atoms with van der Waals surface area (Å²) in [7, 11) is 0. The molecule has 10 heteroatoms. The van der Waals surface area contributed by atoms with Gasteiger partial charge in [0.15, 0.2) is 11.4 Å². The zero-order chi connectivity index (χ0) is 17.1. The van der Waals surface area contributed by atoms with E-state index in [2.05, 4.69) is 9.97 Å². The van der Waals surface area contributed by atoms with E-state index in [9.17, 15) is 13.2 Å². The molecule has 3 heterocycles. The van der Waals surface area contributed by atoms with Crippen molar-refractivity contribution in [3.8, 4) is 0 Å². The molecule has 1 aliphatic heterocycles. The number of furan rings is 1. The fourth-order valence-electron chi connectivity index (χ4n) is 3.61. The molecule has 0 spiro atoms. The van der Waals surface area contributed by atoms with Crippen LogP contribution in [0.3, 0.4) is 0 Å². The Bertz CT molecular complexity index is 794. The topological polar surface area (TPSA) is 94.2 Å². The van der Waals surface area contributed by atoms with Gasteiger partial charge in [-0.25, -0.2) is 4.98 Å². The summed E-state index contributed by atoms with van der Waals surface area (Å²) >= 11 is 0. The molecule has 6 nitrogen and oxygen atoms in total. The molecular weight excluding hydrogens is 359 g/mol. The summed E-state index contributed by atoms with van der Waals surface area (Å²) in [5.41, 5.74) is 13.1. The highest BCUT2D eigenvalue weighted by Gasteiger charge is 2.43. The first-order chi connectivity index (χ1) is 11.3. The van der Waals surface area contributed by atoms with Crippen molar-refractivity contribution >= 4 is 35.3 Å². The highest BCUT2D eigenvalue weighted by molar-refractivity contribution is 5.89. The predicted molar refractivity (Wildman–Crippen MR) is 89.8 cm³/mol. The lowest BCUT2D eigenvalue weighted by Crippen LogP contribution is -2.28. The van der Waals surface area contributed by atoms with Crippen LogP contribution in [0.25, 0.3) is 11.1 Å². The number of hydrogen-bond donors (Lipinski definition) is 2. The smallest absolute Gasteiger partial charge is 0.392 e. The molecule has 4 N–H and O–H groups in total. The van der Waals surface area contributed by atoms with Gasteiger partial charge in [-0.3, -0.25) is 0 Å². The largest absolute Gasteiger partial charge is 0.455 e. The SMILES string of the molecule is Cl.Nc1nc(N2CCC(N)C2)c2oc3c(c2n1)CC(C(F)(F)F)CC3. The van der Waals surface area contributed by atoms with Gasteiger partial charge in [0.05, 0.1) is 5.92 Å². The lowest BCUT2D eigenvalue weighted by molar-refractivity contribution is -0.177. The Morgan fingerprint density at radius 2 is 1.96 bits per heavy atom. The molecule has 2 aromatic rings. The van der Waals surface area contributed by atoms with Gasteiger partial charge in [0.2, 0.25) is 5.95 Å². The number of nitrogens with zero attached hydrogens (tertiary/aromatic N) is 3. The summed E-state index contributed by atoms with van der Waals surface area (Å²) in [6.45, 7) is 1.32. The molecule has 4 rings (SSSR count). The van der Waals surface area contributed by atoms with Crippen molar-refractivity contribution in [3.05, 3.63) is 11.3 Å². The molecule has 25 heavy (non-hydrogen) atoms. The number of hydrogen-bond acceptors (Lipinski definition) is 6. The Balaban J connectivity index is 0.00000182. The number of rotatable bonds is 1. The Morgan fingerprint density at radius 1 is 1.20 bits per heavy atom. The van der Waals surface area contributed by atoms with Crippen LogP contribution in [-0.4, -0.2) is 35.3 Å². The average Bonchev–Trinajstić information content (AvgIpc) is 3.09. The molecule has 2 unspecified atom stereocenters. The van der Waals surface area contributed by atoms with Gasteiger partial charge in [0, 0.05) is 31.1 Å². The van der Waals surface area contributed by atoms with Gasteiger partial charge in [-0.05, 0) is 19.3 Å². The van der Waals surface area contributed by atoms with Crippen molar-refractivity contribution < 1.29 is 17.6 Å². The number of fused-ring (bicyclic) bond motifs is 3. The van der Waals surface area contributed by atoms with E-state index < -0.39 is 12.1 Å². The van der Waals surface area contributed by atoms with Crippen LogP contribution in [0.15, 0.2) is 4.42 Å². The van der Waals surface area contributed by atoms with Crippen LogP contribution in [0.1, 0.15) is 24.2 Å². The van der Waals surface area contributed by atoms with Crippen LogP contribution in [0, 0.1) is 5.92 Å². The average molecular weight is 378 g/mol. The van der Waals surface area contributed by atoms with Crippen molar-refractivity contribution in [1.82, 2.24) is 9.97 Å². The summed E-state index contributed by atoms with van der Waals surface area (Å²) in [5.74, 6) is -0.236. The second-order valence-electron chi connectivity index (χ2n) is 6.56. The summed E-state index contributed by atoms with van der Waals surface area (Å²) in [6.07, 6.45) is -3.24. The molecule has 0 aromatic carbocycles. The molecule has 0 saturated carbocycles. The quantitative estimate of drug-likeness (QED) is 0.792. The Kier molecular flexibility index (Phi) is 4.48. The molecule has 1 saturated heterocycles. The molecule has 0 bridgehead atoms. The third kappa shape index (κ3) is 3.10. The van der Waals surface area contributed by atoms with Gasteiger partial charge in [0.1, 0.15) is 11.3 Å². The van der Waals surface area contributed by atoms with Crippen LogP contribution in [0.4, 0.5) is 24.9 Å². The van der Waals surface area contributed by atoms with E-state index in [0.29, 0.717) is 41.3 Å². The third-order valence-electron chi connectivity index (χ3n) is 4.87. The molecule has 138 valence electrons. The summed E-state index contributed by atoms with van der Waals surface area (Å²) in [4.78, 5) is 10.4. The molecule has 2 aromatic heterocycles. The molecule has 0 radical (unpaired) electrons. The minimum absolute atomic E-state index is 0. The summed E-state index contributed by atoms with van der Waals surface area (Å²) in [5, 5.41) is 0. The zero-order valence-corrected chi connectivity index (χ0v) is 14.2. The number of aromatic nitrogens is 2. The van der Waals surface area contributed by atoms with E-state index in [1.54, 1.807) is 0 Å². The van der Waals surface area contributed by atoms with Crippen LogP contribution in [0.2, 0.25) is 0 Å². The van der Waals surface area contributed by atoms with Gasteiger partial charge in [0.25, 0.3) is 0 Å². The van der Waals surface area contributed by atoms with E-state index in [1.807, 2.05) is 4.90 Å². The second kappa shape index (κ2) is 6.21. The van der Waals surface area contributed by atoms with E-state index in [-0.39, 0.29) is 43.7 Å². The number of alkyl halides is 3. The van der Waals surface area contributed by atoms with Gasteiger partial charge < -0.3 is 20.8 Å². The number of halogens is 4. The van der Waals surface area contributed by atoms with Crippen LogP contribution in [-0.2, 0) is 12.8 Å². The first kappa shape index (κ1) is 18.1. The van der Waals surface area contributed by atoms with Crippen molar-refractivity contribution in [1.29, 1.82) is 0 Å². The number of nitrogen functional groups attached to an aromatic ring is 1. The fourth-order valence-corrected chi connectivity index (χ4v) is 3.61. The molecule has 2 aliphatic rings. The fraction of sp³-hybridized carbons (Fsp3) is 0.600. The van der Waals surface area contributed by atoms with Crippen LogP contribution in [0.5, 0.6) is 0 Å². The second-order valence-corrected chi connectivity index (χ2v) is 6.56. The van der Waals surface area contributed by atoms with Crippen molar-refractivity contribution in [2.45, 2.75) is 37.9 Å². The van der Waals surface area contributed by atoms with Gasteiger partial charge in [-0.15, -0.1) is 12.4 Å². The maximum atomic E-state index is 13.1. The minimum atomic E-state index is -4.22. The molecule has 0 amide bonds. The lowest BCUT2D eigenvalue weighted by atomic mass is 9.87. The molecular formula is C15H19ClF3N5O. The number of aryl methyl sites for hydroxylation is 1. The third-order valence-corrected chi connectivity index (χ3v) is 4.87. The van der Waals surface area contributed by atoms with Gasteiger partial charge >= 0.3 is 6.18 Å². The zero-order valence-electron chi connectivity index (χ0n) is 13.3. The van der Waals surface area contributed by atoms with Crippen molar-refractivity contribution in [3.63, 3.8) is 0 Å². The van der Waals surface area contributed by atoms with Gasteiger partial charge in [-0.2, -0.15) is 18.2 Å².